The van der Waals surface area contributed by atoms with Gasteiger partial charge in [0, 0.05) is 33.3 Å². The van der Waals surface area contributed by atoms with Crippen LogP contribution in [0.3, 0.4) is 0 Å². The fourth-order valence-corrected chi connectivity index (χ4v) is 3.79. The number of carbonyl (C=O) groups excluding carboxylic acids is 3. The van der Waals surface area contributed by atoms with Crippen LogP contribution in [0.5, 0.6) is 0 Å². The SMILES string of the molecule is Cc1c(Br)ccc(NC(=O)COC(=O)[C@@H]2CC(=O)N(c3ccc(Br)cc3)C2)c1C. The molecule has 1 heterocycles. The number of ether oxygens (including phenoxy) is 1. The van der Waals surface area contributed by atoms with Crippen molar-refractivity contribution in [2.75, 3.05) is 23.4 Å². The fraction of sp³-hybridized carbons (Fsp3) is 0.286. The van der Waals surface area contributed by atoms with Gasteiger partial charge in [0.1, 0.15) is 0 Å². The molecule has 0 aromatic heterocycles. The van der Waals surface area contributed by atoms with Crippen molar-refractivity contribution in [3.8, 4) is 0 Å². The van der Waals surface area contributed by atoms with E-state index in [0.29, 0.717) is 5.69 Å². The van der Waals surface area contributed by atoms with Gasteiger partial charge in [0.15, 0.2) is 6.61 Å². The summed E-state index contributed by atoms with van der Waals surface area (Å²) in [6, 6.07) is 10.9. The molecule has 8 heteroatoms. The first kappa shape index (κ1) is 21.5. The van der Waals surface area contributed by atoms with E-state index < -0.39 is 24.4 Å². The first-order valence-corrected chi connectivity index (χ1v) is 10.6. The number of hydrogen-bond acceptors (Lipinski definition) is 4. The lowest BCUT2D eigenvalue weighted by molar-refractivity contribution is -0.151. The van der Waals surface area contributed by atoms with Gasteiger partial charge in [-0.25, -0.2) is 0 Å². The average Bonchev–Trinajstić information content (AvgIpc) is 3.09. The van der Waals surface area contributed by atoms with Gasteiger partial charge in [0.05, 0.1) is 5.92 Å². The van der Waals surface area contributed by atoms with Crippen LogP contribution in [0.15, 0.2) is 45.3 Å². The molecule has 2 aromatic rings. The van der Waals surface area contributed by atoms with Crippen LogP contribution in [0.2, 0.25) is 0 Å². The lowest BCUT2D eigenvalue weighted by Gasteiger charge is -2.16. The van der Waals surface area contributed by atoms with Crippen LogP contribution in [0.4, 0.5) is 11.4 Å². The van der Waals surface area contributed by atoms with Crippen LogP contribution >= 0.6 is 31.9 Å². The van der Waals surface area contributed by atoms with Crippen LogP contribution in [-0.4, -0.2) is 30.9 Å². The highest BCUT2D eigenvalue weighted by Crippen LogP contribution is 2.28. The van der Waals surface area contributed by atoms with E-state index in [0.717, 1.165) is 25.8 Å². The maximum absolute atomic E-state index is 12.3. The summed E-state index contributed by atoms with van der Waals surface area (Å²) in [5.41, 5.74) is 3.36. The predicted octanol–water partition coefficient (Wildman–Crippen LogP) is 4.36. The molecular formula is C21H20Br2N2O4. The fourth-order valence-electron chi connectivity index (χ4n) is 3.10. The highest BCUT2D eigenvalue weighted by Gasteiger charge is 2.36. The Morgan fingerprint density at radius 2 is 1.79 bits per heavy atom. The first-order valence-electron chi connectivity index (χ1n) is 9.04. The second-order valence-corrected chi connectivity index (χ2v) is 8.65. The smallest absolute Gasteiger partial charge is 0.311 e. The van der Waals surface area contributed by atoms with E-state index >= 15 is 0 Å². The quantitative estimate of drug-likeness (QED) is 0.591. The molecule has 1 aliphatic rings. The van der Waals surface area contributed by atoms with Crippen molar-refractivity contribution in [2.45, 2.75) is 20.3 Å². The molecule has 2 aromatic carbocycles. The van der Waals surface area contributed by atoms with Crippen molar-refractivity contribution >= 4 is 61.0 Å². The molecule has 0 bridgehead atoms. The van der Waals surface area contributed by atoms with Crippen molar-refractivity contribution in [1.29, 1.82) is 0 Å². The van der Waals surface area contributed by atoms with Crippen LogP contribution in [0.25, 0.3) is 0 Å². The van der Waals surface area contributed by atoms with Crippen LogP contribution in [0.1, 0.15) is 17.5 Å². The van der Waals surface area contributed by atoms with Crippen LogP contribution in [-0.2, 0) is 19.1 Å². The average molecular weight is 524 g/mol. The molecular weight excluding hydrogens is 504 g/mol. The Morgan fingerprint density at radius 3 is 2.48 bits per heavy atom. The molecule has 152 valence electrons. The summed E-state index contributed by atoms with van der Waals surface area (Å²) in [7, 11) is 0. The van der Waals surface area contributed by atoms with Gasteiger partial charge in [0.2, 0.25) is 5.91 Å². The minimum absolute atomic E-state index is 0.0710. The number of benzene rings is 2. The Kier molecular flexibility index (Phi) is 6.74. The van der Waals surface area contributed by atoms with Gasteiger partial charge in [-0.05, 0) is 61.4 Å². The Hall–Kier alpha value is -2.19. The second-order valence-electron chi connectivity index (χ2n) is 6.88. The maximum Gasteiger partial charge on any atom is 0.311 e. The molecule has 1 atom stereocenters. The lowest BCUT2D eigenvalue weighted by Crippen LogP contribution is -2.28. The molecule has 3 rings (SSSR count). The van der Waals surface area contributed by atoms with Gasteiger partial charge < -0.3 is 15.0 Å². The number of esters is 1. The molecule has 2 amide bonds. The van der Waals surface area contributed by atoms with E-state index in [9.17, 15) is 14.4 Å². The van der Waals surface area contributed by atoms with E-state index in [1.165, 1.54) is 0 Å². The van der Waals surface area contributed by atoms with E-state index in [-0.39, 0.29) is 18.9 Å². The Bertz CT molecular complexity index is 960. The molecule has 0 radical (unpaired) electrons. The Labute approximate surface area is 185 Å². The Morgan fingerprint density at radius 1 is 1.10 bits per heavy atom. The monoisotopic (exact) mass is 522 g/mol. The number of halogens is 2. The minimum Gasteiger partial charge on any atom is -0.455 e. The van der Waals surface area contributed by atoms with Crippen molar-refractivity contribution in [3.05, 3.63) is 56.5 Å². The number of nitrogens with zero attached hydrogens (tertiary/aromatic N) is 1. The number of nitrogens with one attached hydrogen (secondary N) is 1. The third-order valence-electron chi connectivity index (χ3n) is 4.94. The van der Waals surface area contributed by atoms with Crippen molar-refractivity contribution in [1.82, 2.24) is 0 Å². The van der Waals surface area contributed by atoms with E-state index in [2.05, 4.69) is 37.2 Å². The summed E-state index contributed by atoms with van der Waals surface area (Å²) in [5.74, 6) is -1.69. The van der Waals surface area contributed by atoms with Gasteiger partial charge in [-0.15, -0.1) is 0 Å². The molecule has 0 spiro atoms. The third kappa shape index (κ3) is 5.05. The van der Waals surface area contributed by atoms with Gasteiger partial charge >= 0.3 is 5.97 Å². The van der Waals surface area contributed by atoms with Gasteiger partial charge in [0.25, 0.3) is 5.91 Å². The highest BCUT2D eigenvalue weighted by atomic mass is 79.9. The standard InChI is InChI=1S/C21H20Br2N2O4/c1-12-13(2)18(8-7-17(12)23)24-19(26)11-29-21(28)14-9-20(27)25(10-14)16-5-3-15(22)4-6-16/h3-8,14H,9-11H2,1-2H3,(H,24,26)/t14-/m1/s1. The number of carbonyl (C=O) groups is 3. The molecule has 0 aliphatic carbocycles. The molecule has 29 heavy (non-hydrogen) atoms. The number of amides is 2. The largest absolute Gasteiger partial charge is 0.455 e. The molecule has 1 fully saturated rings. The van der Waals surface area contributed by atoms with Gasteiger partial charge in [-0.1, -0.05) is 31.9 Å². The maximum atomic E-state index is 12.3. The first-order chi connectivity index (χ1) is 13.8. The van der Waals surface area contributed by atoms with E-state index in [1.807, 2.05) is 44.2 Å². The third-order valence-corrected chi connectivity index (χ3v) is 6.33. The molecule has 6 nitrogen and oxygen atoms in total. The zero-order valence-corrected chi connectivity index (χ0v) is 19.2. The highest BCUT2D eigenvalue weighted by molar-refractivity contribution is 9.10. The molecule has 1 saturated heterocycles. The van der Waals surface area contributed by atoms with Gasteiger partial charge in [-0.3, -0.25) is 14.4 Å². The van der Waals surface area contributed by atoms with Gasteiger partial charge in [-0.2, -0.15) is 0 Å². The van der Waals surface area contributed by atoms with Crippen molar-refractivity contribution in [2.24, 2.45) is 5.92 Å². The summed E-state index contributed by atoms with van der Waals surface area (Å²) in [6.45, 7) is 3.70. The summed E-state index contributed by atoms with van der Waals surface area (Å²) >= 11 is 6.80. The zero-order chi connectivity index (χ0) is 21.1. The number of hydrogen-bond donors (Lipinski definition) is 1. The summed E-state index contributed by atoms with van der Waals surface area (Å²) in [6.07, 6.45) is 0.0710. The topological polar surface area (TPSA) is 75.7 Å². The number of rotatable bonds is 5. The number of anilines is 2. The molecule has 1 N–H and O–H groups in total. The van der Waals surface area contributed by atoms with Crippen LogP contribution in [0, 0.1) is 19.8 Å². The molecule has 1 aliphatic heterocycles. The minimum atomic E-state index is -0.587. The van der Waals surface area contributed by atoms with Crippen molar-refractivity contribution in [3.63, 3.8) is 0 Å². The summed E-state index contributed by atoms with van der Waals surface area (Å²) < 4.78 is 7.03. The molecule has 0 saturated carbocycles. The van der Waals surface area contributed by atoms with E-state index in [1.54, 1.807) is 11.0 Å². The van der Waals surface area contributed by atoms with E-state index in [4.69, 9.17) is 4.74 Å². The predicted molar refractivity (Wildman–Crippen MR) is 118 cm³/mol. The second kappa shape index (κ2) is 9.09. The summed E-state index contributed by atoms with van der Waals surface area (Å²) in [4.78, 5) is 38.4. The zero-order valence-electron chi connectivity index (χ0n) is 16.0. The summed E-state index contributed by atoms with van der Waals surface area (Å²) in [5, 5.41) is 2.75. The molecule has 0 unspecified atom stereocenters. The Balaban J connectivity index is 1.54. The lowest BCUT2D eigenvalue weighted by atomic mass is 10.1. The van der Waals surface area contributed by atoms with Crippen molar-refractivity contribution < 1.29 is 19.1 Å². The van der Waals surface area contributed by atoms with Crippen LogP contribution < -0.4 is 10.2 Å². The normalized spacial score (nSPS) is 16.1.